The predicted octanol–water partition coefficient (Wildman–Crippen LogP) is 3.07. The highest BCUT2D eigenvalue weighted by Crippen LogP contribution is 2.22. The summed E-state index contributed by atoms with van der Waals surface area (Å²) < 4.78 is 5.36. The maximum Gasteiger partial charge on any atom is 0.121 e. The second kappa shape index (κ2) is 9.17. The van der Waals surface area contributed by atoms with Crippen LogP contribution in [0.15, 0.2) is 48.5 Å². The molecule has 0 bridgehead atoms. The van der Waals surface area contributed by atoms with E-state index in [1.54, 1.807) is 7.11 Å². The Kier molecular flexibility index (Phi) is 6.67. The lowest BCUT2D eigenvalue weighted by molar-refractivity contribution is 0.0500. The van der Waals surface area contributed by atoms with Crippen LogP contribution >= 0.6 is 0 Å². The van der Waals surface area contributed by atoms with Gasteiger partial charge >= 0.3 is 0 Å². The molecule has 0 saturated carbocycles. The van der Waals surface area contributed by atoms with Gasteiger partial charge in [0.2, 0.25) is 0 Å². The van der Waals surface area contributed by atoms with E-state index in [0.717, 1.165) is 44.9 Å². The molecule has 140 valence electrons. The fourth-order valence-electron chi connectivity index (χ4n) is 3.85. The van der Waals surface area contributed by atoms with Crippen molar-refractivity contribution in [1.82, 2.24) is 9.80 Å². The molecule has 0 aromatic heterocycles. The Bertz CT molecular complexity index is 690. The highest BCUT2D eigenvalue weighted by Gasteiger charge is 2.26. The number of nitrogens with zero attached hydrogens (tertiary/aromatic N) is 2. The first-order valence-corrected chi connectivity index (χ1v) is 9.44. The minimum absolute atomic E-state index is 0.242. The van der Waals surface area contributed by atoms with Crippen LogP contribution in [0.4, 0.5) is 0 Å². The van der Waals surface area contributed by atoms with Gasteiger partial charge in [0.1, 0.15) is 5.75 Å². The maximum absolute atomic E-state index is 9.51. The zero-order valence-corrected chi connectivity index (χ0v) is 15.9. The van der Waals surface area contributed by atoms with Gasteiger partial charge in [0.15, 0.2) is 0 Å². The third-order valence-electron chi connectivity index (χ3n) is 5.25. The van der Waals surface area contributed by atoms with Crippen molar-refractivity contribution in [2.45, 2.75) is 32.5 Å². The number of aliphatic hydroxyl groups excluding tert-OH is 1. The van der Waals surface area contributed by atoms with Crippen molar-refractivity contribution in [3.63, 3.8) is 0 Å². The van der Waals surface area contributed by atoms with Crippen LogP contribution < -0.4 is 4.74 Å². The first-order chi connectivity index (χ1) is 12.7. The molecule has 26 heavy (non-hydrogen) atoms. The van der Waals surface area contributed by atoms with Crippen LogP contribution in [0.1, 0.15) is 23.1 Å². The number of benzene rings is 2. The summed E-state index contributed by atoms with van der Waals surface area (Å²) >= 11 is 0. The average molecular weight is 354 g/mol. The molecule has 0 radical (unpaired) electrons. The summed E-state index contributed by atoms with van der Waals surface area (Å²) in [4.78, 5) is 5.02. The molecule has 0 amide bonds. The third-order valence-corrected chi connectivity index (χ3v) is 5.25. The van der Waals surface area contributed by atoms with Crippen molar-refractivity contribution in [1.29, 1.82) is 0 Å². The fourth-order valence-corrected chi connectivity index (χ4v) is 3.85. The molecule has 1 atom stereocenters. The normalized spacial score (nSPS) is 18.8. The van der Waals surface area contributed by atoms with E-state index in [9.17, 15) is 5.11 Å². The van der Waals surface area contributed by atoms with Gasteiger partial charge in [-0.25, -0.2) is 0 Å². The SMILES string of the molecule is COc1ccc(CN2CCN(Cc3ccccc3)[C@H](CCO)C2)cc1C. The number of methoxy groups -OCH3 is 1. The van der Waals surface area contributed by atoms with Crippen LogP contribution in [0, 0.1) is 6.92 Å². The molecule has 4 heteroatoms. The van der Waals surface area contributed by atoms with Crippen molar-refractivity contribution < 1.29 is 9.84 Å². The van der Waals surface area contributed by atoms with Gasteiger partial charge in [0.05, 0.1) is 7.11 Å². The lowest BCUT2D eigenvalue weighted by Crippen LogP contribution is -2.52. The smallest absolute Gasteiger partial charge is 0.121 e. The molecule has 1 heterocycles. The molecule has 2 aromatic carbocycles. The molecule has 1 saturated heterocycles. The van der Waals surface area contributed by atoms with Gasteiger partial charge in [0.25, 0.3) is 0 Å². The Morgan fingerprint density at radius 2 is 1.85 bits per heavy atom. The zero-order chi connectivity index (χ0) is 18.4. The van der Waals surface area contributed by atoms with Crippen LogP contribution in [0.5, 0.6) is 5.75 Å². The number of piperazine rings is 1. The first-order valence-electron chi connectivity index (χ1n) is 9.44. The fraction of sp³-hybridized carbons (Fsp3) is 0.455. The van der Waals surface area contributed by atoms with Gasteiger partial charge < -0.3 is 9.84 Å². The minimum Gasteiger partial charge on any atom is -0.496 e. The molecular formula is C22H30N2O2. The molecule has 1 aliphatic rings. The highest BCUT2D eigenvalue weighted by molar-refractivity contribution is 5.36. The number of hydrogen-bond donors (Lipinski definition) is 1. The van der Waals surface area contributed by atoms with Crippen molar-refractivity contribution in [3.05, 3.63) is 65.2 Å². The standard InChI is InChI=1S/C22H30N2O2/c1-18-14-20(8-9-22(18)26-2)15-23-11-12-24(21(17-23)10-13-25)16-19-6-4-3-5-7-19/h3-9,14,21,25H,10-13,15-17H2,1-2H3/t21-/m1/s1. The number of ether oxygens (including phenoxy) is 1. The molecule has 0 aliphatic carbocycles. The second-order valence-electron chi connectivity index (χ2n) is 7.16. The summed E-state index contributed by atoms with van der Waals surface area (Å²) in [5.74, 6) is 0.944. The van der Waals surface area contributed by atoms with Gasteiger partial charge in [-0.3, -0.25) is 9.80 Å². The van der Waals surface area contributed by atoms with Crippen molar-refractivity contribution in [2.24, 2.45) is 0 Å². The Labute approximate surface area is 157 Å². The third kappa shape index (κ3) is 4.85. The van der Waals surface area contributed by atoms with Crippen LogP contribution in [-0.2, 0) is 13.1 Å². The van der Waals surface area contributed by atoms with Crippen LogP contribution in [0.25, 0.3) is 0 Å². The maximum atomic E-state index is 9.51. The highest BCUT2D eigenvalue weighted by atomic mass is 16.5. The Balaban J connectivity index is 1.62. The first kappa shape index (κ1) is 18.9. The predicted molar refractivity (Wildman–Crippen MR) is 105 cm³/mol. The molecule has 1 fully saturated rings. The van der Waals surface area contributed by atoms with Crippen molar-refractivity contribution in [2.75, 3.05) is 33.4 Å². The molecule has 0 unspecified atom stereocenters. The molecular weight excluding hydrogens is 324 g/mol. The summed E-state index contributed by atoms with van der Waals surface area (Å²) in [6.45, 7) is 7.33. The van der Waals surface area contributed by atoms with E-state index in [1.807, 2.05) is 0 Å². The van der Waals surface area contributed by atoms with Gasteiger partial charge in [-0.15, -0.1) is 0 Å². The molecule has 2 aromatic rings. The monoisotopic (exact) mass is 354 g/mol. The summed E-state index contributed by atoms with van der Waals surface area (Å²) in [6.07, 6.45) is 0.824. The lowest BCUT2D eigenvalue weighted by atomic mass is 10.1. The molecule has 3 rings (SSSR count). The van der Waals surface area contributed by atoms with E-state index >= 15 is 0 Å². The van der Waals surface area contributed by atoms with Crippen molar-refractivity contribution >= 4 is 0 Å². The number of rotatable bonds is 7. The molecule has 4 nitrogen and oxygen atoms in total. The summed E-state index contributed by atoms with van der Waals surface area (Å²) in [7, 11) is 1.72. The van der Waals surface area contributed by atoms with Gasteiger partial charge in [-0.1, -0.05) is 42.5 Å². The van der Waals surface area contributed by atoms with Crippen LogP contribution in [0.2, 0.25) is 0 Å². The lowest BCUT2D eigenvalue weighted by Gasteiger charge is -2.41. The average Bonchev–Trinajstić information content (AvgIpc) is 2.65. The second-order valence-corrected chi connectivity index (χ2v) is 7.16. The Morgan fingerprint density at radius 3 is 2.54 bits per heavy atom. The Hall–Kier alpha value is -1.88. The largest absolute Gasteiger partial charge is 0.496 e. The molecule has 0 spiro atoms. The van der Waals surface area contributed by atoms with Crippen LogP contribution in [0.3, 0.4) is 0 Å². The topological polar surface area (TPSA) is 35.9 Å². The van der Waals surface area contributed by atoms with E-state index in [0.29, 0.717) is 6.04 Å². The van der Waals surface area contributed by atoms with E-state index in [-0.39, 0.29) is 6.61 Å². The number of aryl methyl sites for hydroxylation is 1. The quantitative estimate of drug-likeness (QED) is 0.829. The van der Waals surface area contributed by atoms with E-state index in [1.165, 1.54) is 16.7 Å². The summed E-state index contributed by atoms with van der Waals surface area (Å²) in [5, 5.41) is 9.51. The minimum atomic E-state index is 0.242. The number of aliphatic hydroxyl groups is 1. The van der Waals surface area contributed by atoms with Gasteiger partial charge in [0, 0.05) is 45.4 Å². The van der Waals surface area contributed by atoms with E-state index in [4.69, 9.17) is 4.74 Å². The van der Waals surface area contributed by atoms with Gasteiger partial charge in [-0.2, -0.15) is 0 Å². The van der Waals surface area contributed by atoms with Crippen molar-refractivity contribution in [3.8, 4) is 5.75 Å². The van der Waals surface area contributed by atoms with Crippen LogP contribution in [-0.4, -0.2) is 54.3 Å². The van der Waals surface area contributed by atoms with E-state index < -0.39 is 0 Å². The molecule has 1 N–H and O–H groups in total. The molecule has 1 aliphatic heterocycles. The summed E-state index contributed by atoms with van der Waals surface area (Å²) in [5.41, 5.74) is 3.84. The van der Waals surface area contributed by atoms with E-state index in [2.05, 4.69) is 65.3 Å². The summed E-state index contributed by atoms with van der Waals surface area (Å²) in [6, 6.07) is 17.4. The Morgan fingerprint density at radius 1 is 1.04 bits per heavy atom. The van der Waals surface area contributed by atoms with Gasteiger partial charge in [-0.05, 0) is 36.1 Å². The number of hydrogen-bond acceptors (Lipinski definition) is 4. The zero-order valence-electron chi connectivity index (χ0n) is 15.9.